The lowest BCUT2D eigenvalue weighted by molar-refractivity contribution is -0.153. The second kappa shape index (κ2) is 6.37. The molecular formula is C14H24N2O3. The number of amides is 1. The Labute approximate surface area is 114 Å². The Morgan fingerprint density at radius 3 is 2.74 bits per heavy atom. The molecule has 3 unspecified atom stereocenters. The second-order valence-electron chi connectivity index (χ2n) is 5.74. The molecule has 0 aliphatic carbocycles. The number of rotatable bonds is 4. The zero-order chi connectivity index (χ0) is 13.8. The van der Waals surface area contributed by atoms with Crippen LogP contribution in [0.2, 0.25) is 0 Å². The van der Waals surface area contributed by atoms with Gasteiger partial charge in [-0.15, -0.1) is 0 Å². The molecule has 0 aromatic carbocycles. The van der Waals surface area contributed by atoms with Gasteiger partial charge in [-0.3, -0.25) is 4.79 Å². The van der Waals surface area contributed by atoms with Crippen molar-refractivity contribution in [3.05, 3.63) is 0 Å². The van der Waals surface area contributed by atoms with Gasteiger partial charge in [0.05, 0.1) is 0 Å². The maximum Gasteiger partial charge on any atom is 0.326 e. The quantitative estimate of drug-likeness (QED) is 0.804. The zero-order valence-electron chi connectivity index (χ0n) is 11.6. The molecule has 2 saturated heterocycles. The van der Waals surface area contributed by atoms with E-state index in [1.807, 2.05) is 0 Å². The molecule has 0 bridgehead atoms. The lowest BCUT2D eigenvalue weighted by Crippen LogP contribution is -2.51. The van der Waals surface area contributed by atoms with E-state index >= 15 is 0 Å². The zero-order valence-corrected chi connectivity index (χ0v) is 11.6. The van der Waals surface area contributed by atoms with Crippen LogP contribution in [0.3, 0.4) is 0 Å². The van der Waals surface area contributed by atoms with Gasteiger partial charge in [0.2, 0.25) is 5.91 Å². The van der Waals surface area contributed by atoms with Gasteiger partial charge in [-0.1, -0.05) is 13.3 Å². The van der Waals surface area contributed by atoms with Crippen LogP contribution in [0.25, 0.3) is 0 Å². The first-order valence-corrected chi connectivity index (χ1v) is 7.37. The Balaban J connectivity index is 1.96. The molecule has 0 radical (unpaired) electrons. The summed E-state index contributed by atoms with van der Waals surface area (Å²) in [7, 11) is 0. The van der Waals surface area contributed by atoms with E-state index in [1.165, 1.54) is 0 Å². The molecule has 5 heteroatoms. The van der Waals surface area contributed by atoms with Crippen LogP contribution in [0.1, 0.15) is 45.4 Å². The van der Waals surface area contributed by atoms with Gasteiger partial charge in [0.25, 0.3) is 0 Å². The van der Waals surface area contributed by atoms with Gasteiger partial charge in [-0.05, 0) is 38.1 Å². The van der Waals surface area contributed by atoms with E-state index in [0.29, 0.717) is 25.3 Å². The summed E-state index contributed by atoms with van der Waals surface area (Å²) < 4.78 is 0. The Hall–Kier alpha value is -1.10. The van der Waals surface area contributed by atoms with Gasteiger partial charge in [0, 0.05) is 19.0 Å². The van der Waals surface area contributed by atoms with Crippen molar-refractivity contribution in [3.63, 3.8) is 0 Å². The van der Waals surface area contributed by atoms with Crippen molar-refractivity contribution in [1.82, 2.24) is 10.2 Å². The topological polar surface area (TPSA) is 69.6 Å². The molecule has 2 heterocycles. The van der Waals surface area contributed by atoms with Crippen molar-refractivity contribution in [2.45, 2.75) is 57.5 Å². The number of carboxylic acids is 1. The fraction of sp³-hybridized carbons (Fsp3) is 0.857. The number of carbonyl (C=O) groups excluding carboxylic acids is 1. The fourth-order valence-corrected chi connectivity index (χ4v) is 3.20. The van der Waals surface area contributed by atoms with E-state index in [-0.39, 0.29) is 11.9 Å². The van der Waals surface area contributed by atoms with Crippen LogP contribution in [0.15, 0.2) is 0 Å². The van der Waals surface area contributed by atoms with Crippen molar-refractivity contribution in [3.8, 4) is 0 Å². The highest BCUT2D eigenvalue weighted by Crippen LogP contribution is 2.26. The average Bonchev–Trinajstić information content (AvgIpc) is 2.90. The van der Waals surface area contributed by atoms with E-state index in [0.717, 1.165) is 32.2 Å². The summed E-state index contributed by atoms with van der Waals surface area (Å²) in [6.07, 6.45) is 5.11. The second-order valence-corrected chi connectivity index (χ2v) is 5.74. The first-order valence-electron chi connectivity index (χ1n) is 7.37. The summed E-state index contributed by atoms with van der Waals surface area (Å²) in [6, 6.07) is -0.376. The minimum Gasteiger partial charge on any atom is -0.480 e. The predicted octanol–water partition coefficient (Wildman–Crippen LogP) is 1.23. The Bertz CT molecular complexity index is 340. The maximum atomic E-state index is 12.3. The fourth-order valence-electron chi connectivity index (χ4n) is 3.20. The molecule has 2 fully saturated rings. The summed E-state index contributed by atoms with van der Waals surface area (Å²) in [6.45, 7) is 3.66. The molecule has 1 amide bonds. The number of nitrogens with one attached hydrogen (secondary N) is 1. The van der Waals surface area contributed by atoms with Gasteiger partial charge in [0.15, 0.2) is 0 Å². The van der Waals surface area contributed by atoms with Crippen LogP contribution in [-0.4, -0.2) is 47.1 Å². The Morgan fingerprint density at radius 1 is 1.37 bits per heavy atom. The molecule has 2 aliphatic heterocycles. The molecule has 108 valence electrons. The van der Waals surface area contributed by atoms with Crippen molar-refractivity contribution < 1.29 is 14.7 Å². The van der Waals surface area contributed by atoms with Crippen molar-refractivity contribution in [1.29, 1.82) is 0 Å². The average molecular weight is 268 g/mol. The van der Waals surface area contributed by atoms with Gasteiger partial charge < -0.3 is 15.3 Å². The molecule has 0 spiro atoms. The largest absolute Gasteiger partial charge is 0.480 e. The highest BCUT2D eigenvalue weighted by molar-refractivity contribution is 5.84. The summed E-state index contributed by atoms with van der Waals surface area (Å²) >= 11 is 0. The van der Waals surface area contributed by atoms with Gasteiger partial charge in [-0.2, -0.15) is 0 Å². The van der Waals surface area contributed by atoms with E-state index in [9.17, 15) is 14.7 Å². The standard InChI is InChI=1S/C14H24N2O3/c1-2-10-5-7-16(12(8-10)14(18)19)13(17)9-11-4-3-6-15-11/h10-12,15H,2-9H2,1H3,(H,18,19). The van der Waals surface area contributed by atoms with Crippen molar-refractivity contribution in [2.75, 3.05) is 13.1 Å². The van der Waals surface area contributed by atoms with Crippen molar-refractivity contribution >= 4 is 11.9 Å². The molecule has 2 rings (SSSR count). The van der Waals surface area contributed by atoms with Crippen LogP contribution in [0.4, 0.5) is 0 Å². The molecule has 19 heavy (non-hydrogen) atoms. The normalized spacial score (nSPS) is 31.4. The van der Waals surface area contributed by atoms with Crippen LogP contribution >= 0.6 is 0 Å². The third-order valence-corrected chi connectivity index (χ3v) is 4.48. The third-order valence-electron chi connectivity index (χ3n) is 4.48. The van der Waals surface area contributed by atoms with Crippen LogP contribution in [0, 0.1) is 5.92 Å². The van der Waals surface area contributed by atoms with E-state index in [2.05, 4.69) is 12.2 Å². The molecule has 2 N–H and O–H groups in total. The summed E-state index contributed by atoms with van der Waals surface area (Å²) in [4.78, 5) is 25.2. The molecule has 3 atom stereocenters. The van der Waals surface area contributed by atoms with Crippen LogP contribution in [-0.2, 0) is 9.59 Å². The van der Waals surface area contributed by atoms with Gasteiger partial charge >= 0.3 is 5.97 Å². The van der Waals surface area contributed by atoms with Crippen LogP contribution in [0.5, 0.6) is 0 Å². The smallest absolute Gasteiger partial charge is 0.326 e. The summed E-state index contributed by atoms with van der Waals surface area (Å²) in [5, 5.41) is 12.6. The van der Waals surface area contributed by atoms with Crippen LogP contribution < -0.4 is 5.32 Å². The molecular weight excluding hydrogens is 244 g/mol. The lowest BCUT2D eigenvalue weighted by atomic mass is 9.88. The number of nitrogens with zero attached hydrogens (tertiary/aromatic N) is 1. The minimum absolute atomic E-state index is 0.00125. The number of aliphatic carboxylic acids is 1. The van der Waals surface area contributed by atoms with Gasteiger partial charge in [-0.25, -0.2) is 4.79 Å². The minimum atomic E-state index is -0.856. The number of carbonyl (C=O) groups is 2. The molecule has 2 aliphatic rings. The van der Waals surface area contributed by atoms with E-state index in [1.54, 1.807) is 4.90 Å². The summed E-state index contributed by atoms with van der Waals surface area (Å²) in [5.41, 5.74) is 0. The SMILES string of the molecule is CCC1CCN(C(=O)CC2CCCN2)C(C(=O)O)C1. The van der Waals surface area contributed by atoms with Gasteiger partial charge in [0.1, 0.15) is 6.04 Å². The molecule has 5 nitrogen and oxygen atoms in total. The number of hydrogen-bond donors (Lipinski definition) is 2. The number of hydrogen-bond acceptors (Lipinski definition) is 3. The Kier molecular flexibility index (Phi) is 4.80. The van der Waals surface area contributed by atoms with Crippen molar-refractivity contribution in [2.24, 2.45) is 5.92 Å². The Morgan fingerprint density at radius 2 is 2.16 bits per heavy atom. The highest BCUT2D eigenvalue weighted by atomic mass is 16.4. The summed E-state index contributed by atoms with van der Waals surface area (Å²) in [5.74, 6) is -0.415. The predicted molar refractivity (Wildman–Crippen MR) is 71.8 cm³/mol. The number of piperidine rings is 1. The number of carboxylic acid groups (broad SMARTS) is 1. The third kappa shape index (κ3) is 3.47. The molecule has 0 aromatic rings. The first-order chi connectivity index (χ1) is 9.11. The van der Waals surface area contributed by atoms with E-state index < -0.39 is 12.0 Å². The van der Waals surface area contributed by atoms with E-state index in [4.69, 9.17) is 0 Å². The maximum absolute atomic E-state index is 12.3. The first kappa shape index (κ1) is 14.3. The number of likely N-dealkylation sites (tertiary alicyclic amines) is 1. The highest BCUT2D eigenvalue weighted by Gasteiger charge is 2.36. The lowest BCUT2D eigenvalue weighted by Gasteiger charge is -2.37. The molecule has 0 aromatic heterocycles. The molecule has 0 saturated carbocycles. The monoisotopic (exact) mass is 268 g/mol.